The zero-order chi connectivity index (χ0) is 16.2. The summed E-state index contributed by atoms with van der Waals surface area (Å²) in [4.78, 5) is 11.6. The molecule has 0 spiro atoms. The van der Waals surface area contributed by atoms with Gasteiger partial charge in [-0.2, -0.15) is 0 Å². The lowest BCUT2D eigenvalue weighted by atomic mass is 9.86. The van der Waals surface area contributed by atoms with Crippen LogP contribution in [0.2, 0.25) is 0 Å². The average molecular weight is 317 g/mol. The van der Waals surface area contributed by atoms with E-state index < -0.39 is 0 Å². The Morgan fingerprint density at radius 3 is 2.96 bits per heavy atom. The number of carbonyl (C=O) groups excluding carboxylic acids is 1. The van der Waals surface area contributed by atoms with E-state index in [1.807, 2.05) is 18.2 Å². The first-order chi connectivity index (χ1) is 11.2. The number of hydrogen-bond acceptors (Lipinski definition) is 3. The van der Waals surface area contributed by atoms with E-state index in [-0.39, 0.29) is 24.2 Å². The highest BCUT2D eigenvalue weighted by Crippen LogP contribution is 2.44. The van der Waals surface area contributed by atoms with Crippen molar-refractivity contribution >= 4 is 5.91 Å². The molecule has 1 amide bonds. The largest absolute Gasteiger partial charge is 0.493 e. The predicted molar refractivity (Wildman–Crippen MR) is 89.4 cm³/mol. The Bertz CT molecular complexity index is 545. The molecule has 2 fully saturated rings. The zero-order valence-corrected chi connectivity index (χ0v) is 14.1. The first-order valence-corrected chi connectivity index (χ1v) is 8.83. The van der Waals surface area contributed by atoms with Crippen LogP contribution in [0.1, 0.15) is 57.6 Å². The number of hydrogen-bond donors (Lipinski definition) is 1. The number of ether oxygens (including phenoxy) is 2. The molecule has 23 heavy (non-hydrogen) atoms. The highest BCUT2D eigenvalue weighted by molar-refractivity contribution is 5.73. The van der Waals surface area contributed by atoms with Gasteiger partial charge >= 0.3 is 0 Å². The van der Waals surface area contributed by atoms with Crippen LogP contribution in [0.4, 0.5) is 0 Å². The molecule has 1 saturated carbocycles. The molecule has 1 heterocycles. The monoisotopic (exact) mass is 317 g/mol. The van der Waals surface area contributed by atoms with Crippen molar-refractivity contribution in [2.24, 2.45) is 5.92 Å². The number of benzene rings is 1. The van der Waals surface area contributed by atoms with Gasteiger partial charge in [0.15, 0.2) is 0 Å². The van der Waals surface area contributed by atoms with Gasteiger partial charge in [-0.25, -0.2) is 0 Å². The summed E-state index contributed by atoms with van der Waals surface area (Å²) in [7, 11) is 0. The van der Waals surface area contributed by atoms with E-state index in [9.17, 15) is 4.79 Å². The molecule has 1 saturated heterocycles. The molecule has 1 aliphatic heterocycles. The Labute approximate surface area is 138 Å². The van der Waals surface area contributed by atoms with Crippen LogP contribution in [0.5, 0.6) is 5.75 Å². The standard InChI is InChI=1S/C19H27NO3/c1-3-11-22-17-9-5-4-7-15(17)19-12-16(20-13(2)21)14-8-6-10-18(14)23-19/h4-5,7,9,14,16,18-19H,3,6,8,10-12H2,1-2H3,(H,20,21)/t14-,16+,18+,19+/m0/s1. The molecular weight excluding hydrogens is 290 g/mol. The Kier molecular flexibility index (Phi) is 5.21. The van der Waals surface area contributed by atoms with E-state index in [0.29, 0.717) is 12.5 Å². The number of amides is 1. The van der Waals surface area contributed by atoms with Crippen molar-refractivity contribution in [3.05, 3.63) is 29.8 Å². The van der Waals surface area contributed by atoms with Crippen LogP contribution in [0, 0.1) is 5.92 Å². The van der Waals surface area contributed by atoms with Gasteiger partial charge in [0.1, 0.15) is 5.75 Å². The van der Waals surface area contributed by atoms with Crippen molar-refractivity contribution in [1.82, 2.24) is 5.32 Å². The van der Waals surface area contributed by atoms with Crippen LogP contribution in [0.25, 0.3) is 0 Å². The molecule has 126 valence electrons. The van der Waals surface area contributed by atoms with Crippen LogP contribution < -0.4 is 10.1 Å². The normalized spacial score (nSPS) is 29.8. The fourth-order valence-electron chi connectivity index (χ4n) is 3.97. The van der Waals surface area contributed by atoms with Gasteiger partial charge in [-0.3, -0.25) is 4.79 Å². The third-order valence-corrected chi connectivity index (χ3v) is 4.94. The summed E-state index contributed by atoms with van der Waals surface area (Å²) >= 11 is 0. The molecule has 1 aliphatic carbocycles. The fourth-order valence-corrected chi connectivity index (χ4v) is 3.97. The minimum absolute atomic E-state index is 0.000689. The van der Waals surface area contributed by atoms with Gasteiger partial charge in [0.2, 0.25) is 5.91 Å². The molecule has 4 atom stereocenters. The maximum atomic E-state index is 11.6. The smallest absolute Gasteiger partial charge is 0.217 e. The van der Waals surface area contributed by atoms with Crippen molar-refractivity contribution in [1.29, 1.82) is 0 Å². The van der Waals surface area contributed by atoms with E-state index in [1.165, 1.54) is 6.42 Å². The second-order valence-electron chi connectivity index (χ2n) is 6.69. The highest BCUT2D eigenvalue weighted by Gasteiger charge is 2.42. The van der Waals surface area contributed by atoms with Crippen molar-refractivity contribution < 1.29 is 14.3 Å². The van der Waals surface area contributed by atoms with E-state index in [0.717, 1.165) is 37.0 Å². The lowest BCUT2D eigenvalue weighted by molar-refractivity contribution is -0.124. The van der Waals surface area contributed by atoms with Gasteiger partial charge in [-0.1, -0.05) is 31.5 Å². The van der Waals surface area contributed by atoms with Crippen LogP contribution >= 0.6 is 0 Å². The van der Waals surface area contributed by atoms with Gasteiger partial charge in [-0.15, -0.1) is 0 Å². The summed E-state index contributed by atoms with van der Waals surface area (Å²) in [5.41, 5.74) is 1.11. The van der Waals surface area contributed by atoms with Crippen LogP contribution in [-0.4, -0.2) is 24.7 Å². The summed E-state index contributed by atoms with van der Waals surface area (Å²) in [6, 6.07) is 8.35. The highest BCUT2D eigenvalue weighted by atomic mass is 16.5. The second kappa shape index (κ2) is 7.35. The lowest BCUT2D eigenvalue weighted by Crippen LogP contribution is -2.47. The Hall–Kier alpha value is -1.55. The first-order valence-electron chi connectivity index (χ1n) is 8.83. The Morgan fingerprint density at radius 2 is 2.17 bits per heavy atom. The van der Waals surface area contributed by atoms with Crippen LogP contribution in [0.3, 0.4) is 0 Å². The van der Waals surface area contributed by atoms with Gasteiger partial charge in [0.05, 0.1) is 18.8 Å². The third kappa shape index (κ3) is 3.69. The van der Waals surface area contributed by atoms with E-state index >= 15 is 0 Å². The van der Waals surface area contributed by atoms with Crippen molar-refractivity contribution in [2.75, 3.05) is 6.61 Å². The zero-order valence-electron chi connectivity index (χ0n) is 14.1. The average Bonchev–Trinajstić information content (AvgIpc) is 3.01. The molecule has 1 N–H and O–H groups in total. The minimum Gasteiger partial charge on any atom is -0.493 e. The number of nitrogens with one attached hydrogen (secondary N) is 1. The second-order valence-corrected chi connectivity index (χ2v) is 6.69. The van der Waals surface area contributed by atoms with E-state index in [2.05, 4.69) is 18.3 Å². The molecular formula is C19H27NO3. The molecule has 0 bridgehead atoms. The van der Waals surface area contributed by atoms with Crippen molar-refractivity contribution in [2.45, 2.75) is 64.2 Å². The minimum atomic E-state index is -0.000689. The van der Waals surface area contributed by atoms with E-state index in [1.54, 1.807) is 6.92 Å². The molecule has 1 aromatic carbocycles. The van der Waals surface area contributed by atoms with Crippen LogP contribution in [-0.2, 0) is 9.53 Å². The molecule has 0 unspecified atom stereocenters. The molecule has 0 aromatic heterocycles. The molecule has 0 radical (unpaired) electrons. The molecule has 4 heteroatoms. The first kappa shape index (κ1) is 16.3. The summed E-state index contributed by atoms with van der Waals surface area (Å²) in [6.45, 7) is 4.42. The number of carbonyl (C=O) groups is 1. The molecule has 2 aliphatic rings. The Balaban J connectivity index is 1.81. The topological polar surface area (TPSA) is 47.6 Å². The quantitative estimate of drug-likeness (QED) is 0.902. The summed E-state index contributed by atoms with van der Waals surface area (Å²) < 4.78 is 12.3. The van der Waals surface area contributed by atoms with Crippen LogP contribution in [0.15, 0.2) is 24.3 Å². The van der Waals surface area contributed by atoms with Crippen molar-refractivity contribution in [3.63, 3.8) is 0 Å². The number of fused-ring (bicyclic) bond motifs is 1. The fraction of sp³-hybridized carbons (Fsp3) is 0.632. The van der Waals surface area contributed by atoms with E-state index in [4.69, 9.17) is 9.47 Å². The van der Waals surface area contributed by atoms with Gasteiger partial charge in [-0.05, 0) is 31.7 Å². The summed E-state index contributed by atoms with van der Waals surface area (Å²) in [5.74, 6) is 1.42. The predicted octanol–water partition coefficient (Wildman–Crippen LogP) is 3.61. The Morgan fingerprint density at radius 1 is 1.35 bits per heavy atom. The lowest BCUT2D eigenvalue weighted by Gasteiger charge is -2.39. The summed E-state index contributed by atoms with van der Waals surface area (Å²) in [5, 5.41) is 3.16. The number of para-hydroxylation sites is 1. The maximum absolute atomic E-state index is 11.6. The maximum Gasteiger partial charge on any atom is 0.217 e. The van der Waals surface area contributed by atoms with Crippen molar-refractivity contribution in [3.8, 4) is 5.75 Å². The van der Waals surface area contributed by atoms with Gasteiger partial charge in [0, 0.05) is 24.4 Å². The third-order valence-electron chi connectivity index (χ3n) is 4.94. The van der Waals surface area contributed by atoms with Gasteiger partial charge < -0.3 is 14.8 Å². The SMILES string of the molecule is CCCOc1ccccc1[C@H]1C[C@@H](NC(C)=O)[C@@H]2CCC[C@H]2O1. The van der Waals surface area contributed by atoms with Gasteiger partial charge in [0.25, 0.3) is 0 Å². The molecule has 1 aromatic rings. The molecule has 3 rings (SSSR count). The molecule has 4 nitrogen and oxygen atoms in total. The summed E-state index contributed by atoms with van der Waals surface area (Å²) in [6.07, 6.45) is 5.49. The number of rotatable bonds is 5.